The minimum atomic E-state index is -1.17. The van der Waals surface area contributed by atoms with Crippen molar-refractivity contribution in [3.63, 3.8) is 0 Å². The zero-order valence-corrected chi connectivity index (χ0v) is 11.7. The van der Waals surface area contributed by atoms with Crippen LogP contribution in [-0.2, 0) is 16.0 Å². The molecule has 0 saturated carbocycles. The van der Waals surface area contributed by atoms with Crippen molar-refractivity contribution in [2.75, 3.05) is 5.32 Å². The van der Waals surface area contributed by atoms with Gasteiger partial charge in [0.25, 0.3) is 0 Å². The Bertz CT molecular complexity index is 754. The number of carbonyl (C=O) groups is 2. The molecule has 3 N–H and O–H groups in total. The second-order valence-corrected chi connectivity index (χ2v) is 5.30. The van der Waals surface area contributed by atoms with Gasteiger partial charge in [-0.2, -0.15) is 0 Å². The first-order valence-electron chi connectivity index (χ1n) is 6.97. The number of hydrogen-bond acceptors (Lipinski definition) is 3. The van der Waals surface area contributed by atoms with Crippen LogP contribution in [0.4, 0.5) is 5.69 Å². The van der Waals surface area contributed by atoms with Gasteiger partial charge in [0.05, 0.1) is 6.42 Å². The highest BCUT2D eigenvalue weighted by Gasteiger charge is 2.25. The maximum atomic E-state index is 11.2. The minimum Gasteiger partial charge on any atom is -0.481 e. The highest BCUT2D eigenvalue weighted by Crippen LogP contribution is 2.40. The van der Waals surface area contributed by atoms with Crippen LogP contribution in [0.5, 0.6) is 0 Å². The van der Waals surface area contributed by atoms with Crippen molar-refractivity contribution in [2.24, 2.45) is 0 Å². The average Bonchev–Trinajstić information content (AvgIpc) is 2.86. The Balaban J connectivity index is 1.94. The second-order valence-electron chi connectivity index (χ2n) is 5.30. The van der Waals surface area contributed by atoms with E-state index in [-0.39, 0.29) is 0 Å². The molecule has 0 fully saturated rings. The van der Waals surface area contributed by atoms with Gasteiger partial charge in [-0.05, 0) is 28.3 Å². The van der Waals surface area contributed by atoms with Crippen molar-refractivity contribution in [1.82, 2.24) is 0 Å². The van der Waals surface area contributed by atoms with Gasteiger partial charge in [0.2, 0.25) is 0 Å². The normalized spacial score (nSPS) is 13.1. The van der Waals surface area contributed by atoms with Crippen molar-refractivity contribution in [3.8, 4) is 11.1 Å². The Labute approximate surface area is 127 Å². The lowest BCUT2D eigenvalue weighted by Gasteiger charge is -2.16. The molecule has 2 aromatic carbocycles. The van der Waals surface area contributed by atoms with E-state index in [0.29, 0.717) is 12.1 Å². The smallest absolute Gasteiger partial charge is 0.326 e. The van der Waals surface area contributed by atoms with Crippen molar-refractivity contribution in [2.45, 2.75) is 18.9 Å². The first kappa shape index (κ1) is 14.1. The fraction of sp³-hybridized carbons (Fsp3) is 0.176. The predicted octanol–water partition coefficient (Wildman–Crippen LogP) is 2.60. The van der Waals surface area contributed by atoms with Crippen LogP contribution in [0, 0.1) is 0 Å². The highest BCUT2D eigenvalue weighted by atomic mass is 16.4. The van der Waals surface area contributed by atoms with Crippen molar-refractivity contribution < 1.29 is 19.8 Å². The SMILES string of the molecule is O=C(O)C[C@H](Nc1cccc2c1Cc1ccccc1-2)C(=O)O. The molecule has 22 heavy (non-hydrogen) atoms. The van der Waals surface area contributed by atoms with Gasteiger partial charge in [-0.15, -0.1) is 0 Å². The van der Waals surface area contributed by atoms with Crippen LogP contribution in [0.1, 0.15) is 17.5 Å². The molecule has 1 aliphatic rings. The number of nitrogens with one attached hydrogen (secondary N) is 1. The maximum Gasteiger partial charge on any atom is 0.326 e. The molecule has 1 aliphatic carbocycles. The number of anilines is 1. The lowest BCUT2D eigenvalue weighted by molar-refractivity contribution is -0.144. The van der Waals surface area contributed by atoms with Crippen LogP contribution in [0.2, 0.25) is 0 Å². The van der Waals surface area contributed by atoms with Crippen molar-refractivity contribution in [1.29, 1.82) is 0 Å². The molecule has 1 atom stereocenters. The van der Waals surface area contributed by atoms with E-state index >= 15 is 0 Å². The van der Waals surface area contributed by atoms with Crippen LogP contribution < -0.4 is 5.32 Å². The summed E-state index contributed by atoms with van der Waals surface area (Å²) in [6.45, 7) is 0. The molecule has 3 rings (SSSR count). The Morgan fingerprint density at radius 2 is 1.77 bits per heavy atom. The second kappa shape index (κ2) is 5.52. The zero-order chi connectivity index (χ0) is 15.7. The molecule has 0 bridgehead atoms. The number of carboxylic acids is 2. The fourth-order valence-corrected chi connectivity index (χ4v) is 2.85. The zero-order valence-electron chi connectivity index (χ0n) is 11.7. The minimum absolute atomic E-state index is 0.466. The van der Waals surface area contributed by atoms with Crippen LogP contribution >= 0.6 is 0 Å². The predicted molar refractivity (Wildman–Crippen MR) is 82.0 cm³/mol. The summed E-state index contributed by atoms with van der Waals surface area (Å²) in [6, 6.07) is 12.5. The fourth-order valence-electron chi connectivity index (χ4n) is 2.85. The molecule has 5 heteroatoms. The number of fused-ring (bicyclic) bond motifs is 3. The number of benzene rings is 2. The lowest BCUT2D eigenvalue weighted by atomic mass is 10.0. The summed E-state index contributed by atoms with van der Waals surface area (Å²) in [5, 5.41) is 20.9. The van der Waals surface area contributed by atoms with Crippen molar-refractivity contribution >= 4 is 17.6 Å². The third kappa shape index (κ3) is 2.53. The van der Waals surface area contributed by atoms with E-state index in [1.165, 1.54) is 5.56 Å². The van der Waals surface area contributed by atoms with Gasteiger partial charge in [0.15, 0.2) is 0 Å². The van der Waals surface area contributed by atoms with Crippen molar-refractivity contribution in [3.05, 3.63) is 53.6 Å². The summed E-state index contributed by atoms with van der Waals surface area (Å²) in [5.41, 5.74) is 5.10. The van der Waals surface area contributed by atoms with Gasteiger partial charge in [-0.3, -0.25) is 4.79 Å². The molecule has 0 unspecified atom stereocenters. The lowest BCUT2D eigenvalue weighted by Crippen LogP contribution is -2.32. The molecule has 0 amide bonds. The molecular weight excluding hydrogens is 282 g/mol. The summed E-state index contributed by atoms with van der Waals surface area (Å²) in [4.78, 5) is 22.0. The van der Waals surface area contributed by atoms with Gasteiger partial charge in [-0.1, -0.05) is 36.4 Å². The third-order valence-corrected chi connectivity index (χ3v) is 3.86. The topological polar surface area (TPSA) is 86.6 Å². The van der Waals surface area contributed by atoms with E-state index in [4.69, 9.17) is 5.11 Å². The Morgan fingerprint density at radius 1 is 1.05 bits per heavy atom. The molecule has 0 saturated heterocycles. The van der Waals surface area contributed by atoms with Crippen LogP contribution in [0.15, 0.2) is 42.5 Å². The van der Waals surface area contributed by atoms with E-state index < -0.39 is 24.4 Å². The Kier molecular flexibility index (Phi) is 3.55. The van der Waals surface area contributed by atoms with E-state index in [1.54, 1.807) is 6.07 Å². The van der Waals surface area contributed by atoms with Gasteiger partial charge in [0.1, 0.15) is 6.04 Å². The Hall–Kier alpha value is -2.82. The quantitative estimate of drug-likeness (QED) is 0.674. The van der Waals surface area contributed by atoms with E-state index in [0.717, 1.165) is 16.7 Å². The summed E-state index contributed by atoms with van der Waals surface area (Å²) in [6.07, 6.45) is 0.250. The number of hydrogen-bond donors (Lipinski definition) is 3. The third-order valence-electron chi connectivity index (χ3n) is 3.86. The first-order valence-corrected chi connectivity index (χ1v) is 6.97. The molecule has 0 spiro atoms. The van der Waals surface area contributed by atoms with Gasteiger partial charge in [0, 0.05) is 12.1 Å². The Morgan fingerprint density at radius 3 is 2.50 bits per heavy atom. The summed E-state index contributed by atoms with van der Waals surface area (Å²) >= 11 is 0. The van der Waals surface area contributed by atoms with E-state index in [1.807, 2.05) is 36.4 Å². The molecule has 2 aromatic rings. The number of carboxylic acid groups (broad SMARTS) is 2. The highest BCUT2D eigenvalue weighted by molar-refractivity contribution is 5.86. The molecule has 0 aromatic heterocycles. The molecular formula is C17H15NO4. The molecule has 0 aliphatic heterocycles. The van der Waals surface area contributed by atoms with E-state index in [9.17, 15) is 14.7 Å². The van der Waals surface area contributed by atoms with Gasteiger partial charge in [-0.25, -0.2) is 4.79 Å². The summed E-state index contributed by atoms with van der Waals surface area (Å²) < 4.78 is 0. The molecule has 5 nitrogen and oxygen atoms in total. The first-order chi connectivity index (χ1) is 10.6. The molecule has 0 radical (unpaired) electrons. The maximum absolute atomic E-state index is 11.2. The summed E-state index contributed by atoms with van der Waals surface area (Å²) in [5.74, 6) is -2.31. The standard InChI is InChI=1S/C17H15NO4/c19-16(20)9-15(17(21)22)18-14-7-3-6-12-11-5-2-1-4-10(11)8-13(12)14/h1-7,15,18H,8-9H2,(H,19,20)(H,21,22)/t15-/m0/s1. The molecule has 0 heterocycles. The summed E-state index contributed by atoms with van der Waals surface area (Å²) in [7, 11) is 0. The van der Waals surface area contributed by atoms with Gasteiger partial charge < -0.3 is 15.5 Å². The van der Waals surface area contributed by atoms with Gasteiger partial charge >= 0.3 is 11.9 Å². The van der Waals surface area contributed by atoms with Crippen LogP contribution in [0.25, 0.3) is 11.1 Å². The largest absolute Gasteiger partial charge is 0.481 e. The van der Waals surface area contributed by atoms with Crippen LogP contribution in [0.3, 0.4) is 0 Å². The molecule has 112 valence electrons. The average molecular weight is 297 g/mol. The van der Waals surface area contributed by atoms with E-state index in [2.05, 4.69) is 5.32 Å². The number of rotatable bonds is 5. The number of aliphatic carboxylic acids is 2. The van der Waals surface area contributed by atoms with Crippen LogP contribution in [-0.4, -0.2) is 28.2 Å². The monoisotopic (exact) mass is 297 g/mol.